The molecule has 1 aromatic carbocycles. The van der Waals surface area contributed by atoms with Gasteiger partial charge in [-0.1, -0.05) is 12.8 Å². The van der Waals surface area contributed by atoms with Crippen LogP contribution < -0.4 is 20.5 Å². The number of methoxy groups -OCH3 is 2. The van der Waals surface area contributed by atoms with Crippen molar-refractivity contribution in [3.8, 4) is 11.5 Å². The number of hydrogen-bond acceptors (Lipinski definition) is 4. The van der Waals surface area contributed by atoms with Crippen LogP contribution in [-0.4, -0.2) is 26.7 Å². The van der Waals surface area contributed by atoms with E-state index in [0.717, 1.165) is 42.3 Å². The van der Waals surface area contributed by atoms with Gasteiger partial charge in [-0.25, -0.2) is 0 Å². The molecule has 0 radical (unpaired) electrons. The highest BCUT2D eigenvalue weighted by Crippen LogP contribution is 2.36. The van der Waals surface area contributed by atoms with E-state index in [9.17, 15) is 4.79 Å². The number of rotatable bonds is 10. The second-order valence-corrected chi connectivity index (χ2v) is 5.90. The number of benzene rings is 1. The summed E-state index contributed by atoms with van der Waals surface area (Å²) >= 11 is 3.44. The number of hydrogen-bond donors (Lipinski definition) is 2. The fraction of sp³-hybridized carbons (Fsp3) is 0.562. The zero-order chi connectivity index (χ0) is 16.4. The minimum absolute atomic E-state index is 0.0682. The number of amides is 1. The van der Waals surface area contributed by atoms with Crippen LogP contribution in [0.3, 0.4) is 0 Å². The summed E-state index contributed by atoms with van der Waals surface area (Å²) in [7, 11) is 3.18. The second kappa shape index (κ2) is 10.5. The van der Waals surface area contributed by atoms with Crippen molar-refractivity contribution in [1.29, 1.82) is 0 Å². The molecule has 124 valence electrons. The minimum Gasteiger partial charge on any atom is -0.493 e. The molecule has 3 N–H and O–H groups in total. The maximum atomic E-state index is 11.8. The molecule has 6 heteroatoms. The number of nitrogens with two attached hydrogens (primary N) is 1. The minimum atomic E-state index is 0.0682. The Morgan fingerprint density at radius 2 is 1.91 bits per heavy atom. The lowest BCUT2D eigenvalue weighted by Gasteiger charge is -2.12. The smallest absolute Gasteiger partial charge is 0.220 e. The van der Waals surface area contributed by atoms with Crippen molar-refractivity contribution in [2.24, 2.45) is 5.73 Å². The number of carbonyl (C=O) groups is 1. The summed E-state index contributed by atoms with van der Waals surface area (Å²) in [6, 6.07) is 3.79. The normalized spacial score (nSPS) is 10.4. The van der Waals surface area contributed by atoms with Crippen molar-refractivity contribution >= 4 is 21.8 Å². The van der Waals surface area contributed by atoms with E-state index in [1.165, 1.54) is 0 Å². The molecular formula is C16H25BrN2O3. The molecule has 1 aromatic rings. The molecule has 1 rings (SSSR count). The molecule has 1 amide bonds. The highest BCUT2D eigenvalue weighted by molar-refractivity contribution is 9.10. The Bertz CT molecular complexity index is 481. The lowest BCUT2D eigenvalue weighted by molar-refractivity contribution is -0.121. The summed E-state index contributed by atoms with van der Waals surface area (Å²) in [4.78, 5) is 11.8. The highest BCUT2D eigenvalue weighted by Gasteiger charge is 2.11. The van der Waals surface area contributed by atoms with Gasteiger partial charge in [-0.3, -0.25) is 4.79 Å². The quantitative estimate of drug-likeness (QED) is 0.619. The number of carbonyl (C=O) groups excluding carboxylic acids is 1. The third-order valence-corrected chi connectivity index (χ3v) is 3.93. The van der Waals surface area contributed by atoms with Gasteiger partial charge in [0.05, 0.1) is 18.7 Å². The Morgan fingerprint density at radius 3 is 2.55 bits per heavy atom. The van der Waals surface area contributed by atoms with Gasteiger partial charge in [-0.05, 0) is 53.0 Å². The summed E-state index contributed by atoms with van der Waals surface area (Å²) in [5.74, 6) is 1.36. The van der Waals surface area contributed by atoms with Gasteiger partial charge in [0.1, 0.15) is 0 Å². The predicted molar refractivity (Wildman–Crippen MR) is 91.2 cm³/mol. The molecule has 22 heavy (non-hydrogen) atoms. The molecule has 0 aliphatic heterocycles. The van der Waals surface area contributed by atoms with Gasteiger partial charge in [0.25, 0.3) is 0 Å². The zero-order valence-corrected chi connectivity index (χ0v) is 14.9. The van der Waals surface area contributed by atoms with Crippen LogP contribution in [0.1, 0.15) is 37.7 Å². The third kappa shape index (κ3) is 6.23. The van der Waals surface area contributed by atoms with Crippen molar-refractivity contribution in [1.82, 2.24) is 5.32 Å². The van der Waals surface area contributed by atoms with Gasteiger partial charge in [-0.2, -0.15) is 0 Å². The van der Waals surface area contributed by atoms with E-state index in [4.69, 9.17) is 15.2 Å². The van der Waals surface area contributed by atoms with Gasteiger partial charge in [-0.15, -0.1) is 0 Å². The SMILES string of the molecule is COc1cc(CNC(=O)CCCCCCN)cc(Br)c1OC. The molecule has 0 fully saturated rings. The topological polar surface area (TPSA) is 73.6 Å². The van der Waals surface area contributed by atoms with Crippen LogP contribution in [-0.2, 0) is 11.3 Å². The highest BCUT2D eigenvalue weighted by atomic mass is 79.9. The first-order valence-electron chi connectivity index (χ1n) is 7.49. The lowest BCUT2D eigenvalue weighted by Crippen LogP contribution is -2.22. The Morgan fingerprint density at radius 1 is 1.18 bits per heavy atom. The fourth-order valence-electron chi connectivity index (χ4n) is 2.15. The van der Waals surface area contributed by atoms with Crippen LogP contribution in [0.25, 0.3) is 0 Å². The Balaban J connectivity index is 2.44. The molecule has 0 unspecified atom stereocenters. The maximum Gasteiger partial charge on any atom is 0.220 e. The Kier molecular flexibility index (Phi) is 8.92. The van der Waals surface area contributed by atoms with Crippen molar-refractivity contribution in [3.63, 3.8) is 0 Å². The molecule has 0 aromatic heterocycles. The van der Waals surface area contributed by atoms with Crippen molar-refractivity contribution < 1.29 is 14.3 Å². The predicted octanol–water partition coefficient (Wildman–Crippen LogP) is 2.99. The first-order chi connectivity index (χ1) is 10.6. The van der Waals surface area contributed by atoms with E-state index in [1.807, 2.05) is 12.1 Å². The average molecular weight is 373 g/mol. The average Bonchev–Trinajstić information content (AvgIpc) is 2.52. The summed E-state index contributed by atoms with van der Waals surface area (Å²) < 4.78 is 11.4. The van der Waals surface area contributed by atoms with Crippen LogP contribution in [0.15, 0.2) is 16.6 Å². The largest absolute Gasteiger partial charge is 0.493 e. The van der Waals surface area contributed by atoms with Crippen molar-refractivity contribution in [3.05, 3.63) is 22.2 Å². The summed E-state index contributed by atoms with van der Waals surface area (Å²) in [5, 5.41) is 2.93. The number of unbranched alkanes of at least 4 members (excludes halogenated alkanes) is 3. The van der Waals surface area contributed by atoms with Crippen LogP contribution >= 0.6 is 15.9 Å². The molecule has 0 saturated carbocycles. The van der Waals surface area contributed by atoms with Gasteiger partial charge in [0.2, 0.25) is 5.91 Å². The molecule has 5 nitrogen and oxygen atoms in total. The Hall–Kier alpha value is -1.27. The second-order valence-electron chi connectivity index (χ2n) is 5.04. The van der Waals surface area contributed by atoms with E-state index < -0.39 is 0 Å². The van der Waals surface area contributed by atoms with Crippen LogP contribution in [0.5, 0.6) is 11.5 Å². The molecular weight excluding hydrogens is 348 g/mol. The number of halogens is 1. The molecule has 0 bridgehead atoms. The van der Waals surface area contributed by atoms with Crippen LogP contribution in [0.4, 0.5) is 0 Å². The van der Waals surface area contributed by atoms with Crippen LogP contribution in [0.2, 0.25) is 0 Å². The fourth-order valence-corrected chi connectivity index (χ4v) is 2.80. The van der Waals surface area contributed by atoms with Crippen molar-refractivity contribution in [2.45, 2.75) is 38.6 Å². The first-order valence-corrected chi connectivity index (χ1v) is 8.28. The van der Waals surface area contributed by atoms with Gasteiger partial charge in [0, 0.05) is 13.0 Å². The summed E-state index contributed by atoms with van der Waals surface area (Å²) in [6.07, 6.45) is 4.63. The standard InChI is InChI=1S/C16H25BrN2O3/c1-21-14-10-12(9-13(17)16(14)22-2)11-19-15(20)7-5-3-4-6-8-18/h9-10H,3-8,11,18H2,1-2H3,(H,19,20). The summed E-state index contributed by atoms with van der Waals surface area (Å²) in [6.45, 7) is 1.20. The molecule has 0 atom stereocenters. The first kappa shape index (κ1) is 18.8. The number of nitrogens with one attached hydrogen (secondary N) is 1. The van der Waals surface area contributed by atoms with E-state index in [-0.39, 0.29) is 5.91 Å². The van der Waals surface area contributed by atoms with E-state index >= 15 is 0 Å². The van der Waals surface area contributed by atoms with Gasteiger partial charge in [0.15, 0.2) is 11.5 Å². The molecule has 0 aliphatic rings. The van der Waals surface area contributed by atoms with Gasteiger partial charge < -0.3 is 20.5 Å². The van der Waals surface area contributed by atoms with Crippen molar-refractivity contribution in [2.75, 3.05) is 20.8 Å². The van der Waals surface area contributed by atoms with E-state index in [2.05, 4.69) is 21.2 Å². The molecule has 0 spiro atoms. The number of ether oxygens (including phenoxy) is 2. The monoisotopic (exact) mass is 372 g/mol. The molecule has 0 heterocycles. The third-order valence-electron chi connectivity index (χ3n) is 3.34. The van der Waals surface area contributed by atoms with Crippen LogP contribution in [0, 0.1) is 0 Å². The van der Waals surface area contributed by atoms with Gasteiger partial charge >= 0.3 is 0 Å². The molecule has 0 saturated heterocycles. The summed E-state index contributed by atoms with van der Waals surface area (Å²) in [5.41, 5.74) is 6.40. The zero-order valence-electron chi connectivity index (χ0n) is 13.3. The molecule has 0 aliphatic carbocycles. The van der Waals surface area contributed by atoms with E-state index in [1.54, 1.807) is 14.2 Å². The van der Waals surface area contributed by atoms with E-state index in [0.29, 0.717) is 24.5 Å². The Labute approximate surface area is 140 Å². The maximum absolute atomic E-state index is 11.8. The lowest BCUT2D eigenvalue weighted by atomic mass is 10.1.